The lowest BCUT2D eigenvalue weighted by atomic mass is 10.1. The zero-order valence-electron chi connectivity index (χ0n) is 14.2. The van der Waals surface area contributed by atoms with Crippen molar-refractivity contribution in [1.82, 2.24) is 4.57 Å². The molecule has 126 valence electrons. The van der Waals surface area contributed by atoms with Crippen molar-refractivity contribution < 1.29 is 9.53 Å². The number of amides is 1. The Morgan fingerprint density at radius 3 is 2.72 bits per heavy atom. The summed E-state index contributed by atoms with van der Waals surface area (Å²) in [6.07, 6.45) is 0.971. The van der Waals surface area contributed by atoms with Crippen LogP contribution in [0.2, 0.25) is 0 Å². The Bertz CT molecular complexity index is 942. The number of nitrogens with two attached hydrogens (primary N) is 1. The van der Waals surface area contributed by atoms with Gasteiger partial charge in [0, 0.05) is 24.4 Å². The van der Waals surface area contributed by atoms with Crippen molar-refractivity contribution in [3.63, 3.8) is 0 Å². The molecule has 1 aromatic heterocycles. The predicted octanol–water partition coefficient (Wildman–Crippen LogP) is 3.55. The van der Waals surface area contributed by atoms with E-state index in [0.717, 1.165) is 41.3 Å². The quantitative estimate of drug-likeness (QED) is 0.794. The minimum atomic E-state index is -0.397. The van der Waals surface area contributed by atoms with Gasteiger partial charge in [-0.05, 0) is 35.7 Å². The Kier molecular flexibility index (Phi) is 3.80. The zero-order valence-corrected chi connectivity index (χ0v) is 14.2. The van der Waals surface area contributed by atoms with Crippen molar-refractivity contribution in [2.45, 2.75) is 19.9 Å². The molecule has 0 atom stereocenters. The van der Waals surface area contributed by atoms with Crippen molar-refractivity contribution in [3.8, 4) is 17.0 Å². The molecule has 4 rings (SSSR count). The van der Waals surface area contributed by atoms with E-state index in [9.17, 15) is 4.79 Å². The summed E-state index contributed by atoms with van der Waals surface area (Å²) < 4.78 is 7.83. The van der Waals surface area contributed by atoms with E-state index in [1.54, 1.807) is 0 Å². The molecule has 25 heavy (non-hydrogen) atoms. The fourth-order valence-electron chi connectivity index (χ4n) is 3.44. The molecule has 2 N–H and O–H groups in total. The molecule has 1 amide bonds. The molecule has 1 aliphatic heterocycles. The number of carbonyl (C=O) groups is 1. The maximum absolute atomic E-state index is 11.8. The first-order valence-electron chi connectivity index (χ1n) is 8.43. The first kappa shape index (κ1) is 15.5. The Labute approximate surface area is 146 Å². The summed E-state index contributed by atoms with van der Waals surface area (Å²) in [5, 5.41) is 0. The number of fused-ring (bicyclic) bond motifs is 1. The summed E-state index contributed by atoms with van der Waals surface area (Å²) in [6, 6.07) is 18.3. The topological polar surface area (TPSA) is 57.2 Å². The third kappa shape index (κ3) is 2.80. The van der Waals surface area contributed by atoms with Crippen LogP contribution in [0.5, 0.6) is 5.75 Å². The van der Waals surface area contributed by atoms with E-state index in [1.807, 2.05) is 43.3 Å². The molecule has 0 fully saturated rings. The van der Waals surface area contributed by atoms with E-state index >= 15 is 0 Å². The first-order valence-corrected chi connectivity index (χ1v) is 8.43. The monoisotopic (exact) mass is 332 g/mol. The fraction of sp³-hybridized carbons (Fsp3) is 0.190. The van der Waals surface area contributed by atoms with Crippen molar-refractivity contribution in [1.29, 1.82) is 0 Å². The average Bonchev–Trinajstić information content (AvgIpc) is 3.21. The number of rotatable bonds is 4. The molecule has 0 spiro atoms. The molecule has 0 saturated heterocycles. The minimum Gasteiger partial charge on any atom is -0.493 e. The van der Waals surface area contributed by atoms with Gasteiger partial charge in [-0.25, -0.2) is 0 Å². The summed E-state index contributed by atoms with van der Waals surface area (Å²) >= 11 is 0. The van der Waals surface area contributed by atoms with E-state index < -0.39 is 5.91 Å². The second-order valence-electron chi connectivity index (χ2n) is 6.39. The molecule has 2 aromatic carbocycles. The second-order valence-corrected chi connectivity index (χ2v) is 6.39. The highest BCUT2D eigenvalue weighted by molar-refractivity contribution is 5.95. The summed E-state index contributed by atoms with van der Waals surface area (Å²) in [4.78, 5) is 11.8. The van der Waals surface area contributed by atoms with Crippen LogP contribution >= 0.6 is 0 Å². The lowest BCUT2D eigenvalue weighted by Crippen LogP contribution is -2.12. The van der Waals surface area contributed by atoms with Crippen LogP contribution in [0.4, 0.5) is 0 Å². The molecule has 0 saturated carbocycles. The van der Waals surface area contributed by atoms with Crippen LogP contribution in [0.1, 0.15) is 27.2 Å². The number of hydrogen-bond acceptors (Lipinski definition) is 2. The molecule has 3 aromatic rings. The second kappa shape index (κ2) is 6.13. The third-order valence-electron chi connectivity index (χ3n) is 4.80. The lowest BCUT2D eigenvalue weighted by molar-refractivity contribution is 0.0999. The first-order chi connectivity index (χ1) is 12.1. The van der Waals surface area contributed by atoms with Crippen molar-refractivity contribution in [2.24, 2.45) is 5.73 Å². The number of hydrogen-bond donors (Lipinski definition) is 1. The van der Waals surface area contributed by atoms with Gasteiger partial charge in [-0.2, -0.15) is 0 Å². The maximum Gasteiger partial charge on any atom is 0.250 e. The Morgan fingerprint density at radius 2 is 1.96 bits per heavy atom. The van der Waals surface area contributed by atoms with Crippen LogP contribution < -0.4 is 10.5 Å². The number of nitrogens with zero attached hydrogens (tertiary/aromatic N) is 1. The smallest absolute Gasteiger partial charge is 0.250 e. The van der Waals surface area contributed by atoms with Crippen LogP contribution in [0, 0.1) is 6.92 Å². The van der Waals surface area contributed by atoms with Crippen molar-refractivity contribution in [3.05, 3.63) is 77.0 Å². The predicted molar refractivity (Wildman–Crippen MR) is 97.9 cm³/mol. The molecule has 4 nitrogen and oxygen atoms in total. The Morgan fingerprint density at radius 1 is 1.16 bits per heavy atom. The van der Waals surface area contributed by atoms with E-state index in [4.69, 9.17) is 10.5 Å². The molecular formula is C21H20N2O2. The number of benzene rings is 2. The number of primary amides is 1. The molecule has 1 aliphatic rings. The normalized spacial score (nSPS) is 12.7. The molecule has 4 heteroatoms. The van der Waals surface area contributed by atoms with Crippen LogP contribution in [-0.4, -0.2) is 17.1 Å². The van der Waals surface area contributed by atoms with E-state index in [0.29, 0.717) is 12.1 Å². The number of carbonyl (C=O) groups excluding carboxylic acids is 1. The highest BCUT2D eigenvalue weighted by atomic mass is 16.5. The molecule has 0 aliphatic carbocycles. The van der Waals surface area contributed by atoms with Gasteiger partial charge in [0.05, 0.1) is 12.2 Å². The molecule has 2 heterocycles. The summed E-state index contributed by atoms with van der Waals surface area (Å²) in [6.45, 7) is 3.36. The van der Waals surface area contributed by atoms with Crippen LogP contribution in [0.15, 0.2) is 54.6 Å². The van der Waals surface area contributed by atoms with Gasteiger partial charge in [-0.1, -0.05) is 42.5 Å². The standard InChI is InChI=1S/C21H20N2O2/c1-14-18(21(22)24)12-19(16-5-3-2-4-6-16)23(14)13-15-7-8-17-9-10-25-20(17)11-15/h2-8,11-12H,9-10,13H2,1H3,(H2,22,24). The van der Waals surface area contributed by atoms with Crippen LogP contribution in [0.3, 0.4) is 0 Å². The number of aromatic nitrogens is 1. The zero-order chi connectivity index (χ0) is 17.4. The molecule has 0 bridgehead atoms. The summed E-state index contributed by atoms with van der Waals surface area (Å²) in [5.74, 6) is 0.574. The van der Waals surface area contributed by atoms with Gasteiger partial charge in [0.2, 0.25) is 0 Å². The molecule has 0 radical (unpaired) electrons. The van der Waals surface area contributed by atoms with Gasteiger partial charge in [-0.3, -0.25) is 4.79 Å². The van der Waals surface area contributed by atoms with Gasteiger partial charge >= 0.3 is 0 Å². The maximum atomic E-state index is 11.8. The summed E-state index contributed by atoms with van der Waals surface area (Å²) in [5.41, 5.74) is 11.5. The van der Waals surface area contributed by atoms with E-state index in [-0.39, 0.29) is 0 Å². The number of ether oxygens (including phenoxy) is 1. The van der Waals surface area contributed by atoms with Crippen LogP contribution in [-0.2, 0) is 13.0 Å². The third-order valence-corrected chi connectivity index (χ3v) is 4.80. The van der Waals surface area contributed by atoms with Gasteiger partial charge in [0.1, 0.15) is 5.75 Å². The summed E-state index contributed by atoms with van der Waals surface area (Å²) in [7, 11) is 0. The Balaban J connectivity index is 1.79. The highest BCUT2D eigenvalue weighted by Crippen LogP contribution is 2.30. The van der Waals surface area contributed by atoms with E-state index in [2.05, 4.69) is 22.8 Å². The SMILES string of the molecule is Cc1c(C(N)=O)cc(-c2ccccc2)n1Cc1ccc2c(c1)OCC2. The lowest BCUT2D eigenvalue weighted by Gasteiger charge is -2.13. The van der Waals surface area contributed by atoms with Gasteiger partial charge in [0.25, 0.3) is 5.91 Å². The van der Waals surface area contributed by atoms with Gasteiger partial charge in [0.15, 0.2) is 0 Å². The van der Waals surface area contributed by atoms with E-state index in [1.165, 1.54) is 5.56 Å². The minimum absolute atomic E-state index is 0.397. The Hall–Kier alpha value is -3.01. The van der Waals surface area contributed by atoms with Crippen molar-refractivity contribution >= 4 is 5.91 Å². The fourth-order valence-corrected chi connectivity index (χ4v) is 3.44. The van der Waals surface area contributed by atoms with Gasteiger partial charge in [-0.15, -0.1) is 0 Å². The van der Waals surface area contributed by atoms with Crippen molar-refractivity contribution in [2.75, 3.05) is 6.61 Å². The largest absolute Gasteiger partial charge is 0.493 e. The van der Waals surface area contributed by atoms with Crippen LogP contribution in [0.25, 0.3) is 11.3 Å². The molecular weight excluding hydrogens is 312 g/mol. The molecule has 0 unspecified atom stereocenters. The van der Waals surface area contributed by atoms with Gasteiger partial charge < -0.3 is 15.0 Å². The highest BCUT2D eigenvalue weighted by Gasteiger charge is 2.18. The average molecular weight is 332 g/mol.